The number of alkyl carbamates (subject to hydrolysis) is 1. The minimum Gasteiger partial charge on any atom is -0.461 e. The van der Waals surface area contributed by atoms with Crippen LogP contribution in [0.15, 0.2) is 84.9 Å². The molecule has 1 saturated heterocycles. The predicted molar refractivity (Wildman–Crippen MR) is 144 cm³/mol. The molecule has 3 aromatic rings. The van der Waals surface area contributed by atoms with Gasteiger partial charge >= 0.3 is 12.1 Å². The van der Waals surface area contributed by atoms with Gasteiger partial charge in [0.05, 0.1) is 12.7 Å². The van der Waals surface area contributed by atoms with E-state index in [1.54, 1.807) is 0 Å². The molecule has 37 heavy (non-hydrogen) atoms. The van der Waals surface area contributed by atoms with Gasteiger partial charge in [0.1, 0.15) is 6.61 Å². The summed E-state index contributed by atoms with van der Waals surface area (Å²) in [5.74, 6) is -0.343. The Bertz CT molecular complexity index is 1090. The van der Waals surface area contributed by atoms with Crippen LogP contribution in [0.5, 0.6) is 0 Å². The van der Waals surface area contributed by atoms with E-state index < -0.39 is 18.1 Å². The summed E-state index contributed by atoms with van der Waals surface area (Å²) < 4.78 is 16.5. The number of ether oxygens (including phenoxy) is 3. The van der Waals surface area contributed by atoms with Crippen molar-refractivity contribution in [3.8, 4) is 0 Å². The normalized spacial score (nSPS) is 19.6. The average Bonchev–Trinajstić information content (AvgIpc) is 2.95. The molecular formula is C30H34ClNO5. The Morgan fingerprint density at radius 3 is 2.22 bits per heavy atom. The van der Waals surface area contributed by atoms with Crippen LogP contribution in [0.25, 0.3) is 0 Å². The smallest absolute Gasteiger partial charge is 0.408 e. The van der Waals surface area contributed by atoms with Crippen LogP contribution in [0, 0.1) is 12.8 Å². The highest BCUT2D eigenvalue weighted by Crippen LogP contribution is 2.20. The van der Waals surface area contributed by atoms with Crippen molar-refractivity contribution in [3.63, 3.8) is 0 Å². The van der Waals surface area contributed by atoms with Crippen LogP contribution >= 0.6 is 11.6 Å². The summed E-state index contributed by atoms with van der Waals surface area (Å²) in [6, 6.07) is 26.4. The summed E-state index contributed by atoms with van der Waals surface area (Å²) in [6.45, 7) is 4.54. The third-order valence-corrected chi connectivity index (χ3v) is 6.04. The summed E-state index contributed by atoms with van der Waals surface area (Å²) in [4.78, 5) is 24.6. The molecule has 1 amide bonds. The SMILES string of the molecule is CC1CC(Cc2ccc(Cl)cc2)COC[C@H](NC(=O)OCc2ccccc2)C(=O)O1.Cc1ccccc1. The molecule has 3 aromatic carbocycles. The Morgan fingerprint density at radius 2 is 1.59 bits per heavy atom. The first-order chi connectivity index (χ1) is 17.9. The van der Waals surface area contributed by atoms with Crippen LogP contribution in [0.3, 0.4) is 0 Å². The van der Waals surface area contributed by atoms with Gasteiger partial charge in [-0.25, -0.2) is 9.59 Å². The van der Waals surface area contributed by atoms with Gasteiger partial charge in [0.2, 0.25) is 0 Å². The molecule has 0 bridgehead atoms. The highest BCUT2D eigenvalue weighted by atomic mass is 35.5. The van der Waals surface area contributed by atoms with E-state index in [2.05, 4.69) is 24.4 Å². The van der Waals surface area contributed by atoms with Gasteiger partial charge in [-0.15, -0.1) is 0 Å². The third-order valence-electron chi connectivity index (χ3n) is 5.79. The van der Waals surface area contributed by atoms with Crippen molar-refractivity contribution < 1.29 is 23.8 Å². The Balaban J connectivity index is 0.000000468. The Labute approximate surface area is 223 Å². The molecular weight excluding hydrogens is 490 g/mol. The lowest BCUT2D eigenvalue weighted by Gasteiger charge is -2.19. The third kappa shape index (κ3) is 10.7. The van der Waals surface area contributed by atoms with E-state index in [4.69, 9.17) is 25.8 Å². The molecule has 0 spiro atoms. The van der Waals surface area contributed by atoms with Gasteiger partial charge in [0, 0.05) is 11.6 Å². The number of benzene rings is 3. The predicted octanol–water partition coefficient (Wildman–Crippen LogP) is 6.14. The number of rotatable bonds is 5. The van der Waals surface area contributed by atoms with Crippen molar-refractivity contribution in [1.29, 1.82) is 0 Å². The fourth-order valence-electron chi connectivity index (χ4n) is 3.92. The standard InChI is InChI=1S/C23H26ClNO5.C7H8/c1-16-11-19(12-17-7-9-20(24)10-8-17)13-28-15-21(22(26)30-16)25-23(27)29-14-18-5-3-2-4-6-18;1-7-5-3-2-4-6-7/h2-10,16,19,21H,11-15H2,1H3,(H,25,27);2-6H,1H3/t16?,19?,21-;/m0./s1. The van der Waals surface area contributed by atoms with Gasteiger partial charge in [-0.05, 0) is 55.9 Å². The fraction of sp³-hybridized carbons (Fsp3) is 0.333. The van der Waals surface area contributed by atoms with Crippen LogP contribution in [0.2, 0.25) is 5.02 Å². The maximum absolute atomic E-state index is 12.5. The Morgan fingerprint density at radius 1 is 0.946 bits per heavy atom. The molecule has 0 saturated carbocycles. The van der Waals surface area contributed by atoms with E-state index in [1.165, 1.54) is 5.56 Å². The van der Waals surface area contributed by atoms with Crippen LogP contribution in [0.4, 0.5) is 4.79 Å². The first-order valence-electron chi connectivity index (χ1n) is 12.4. The second kappa shape index (κ2) is 15.0. The minimum atomic E-state index is -0.912. The molecule has 6 nitrogen and oxygen atoms in total. The zero-order chi connectivity index (χ0) is 26.5. The van der Waals surface area contributed by atoms with Crippen LogP contribution in [-0.2, 0) is 32.0 Å². The largest absolute Gasteiger partial charge is 0.461 e. The summed E-state index contributed by atoms with van der Waals surface area (Å²) in [5.41, 5.74) is 3.33. The molecule has 1 aliphatic rings. The molecule has 1 heterocycles. The van der Waals surface area contributed by atoms with E-state index in [-0.39, 0.29) is 25.2 Å². The van der Waals surface area contributed by atoms with Crippen molar-refractivity contribution in [2.45, 2.75) is 45.4 Å². The monoisotopic (exact) mass is 523 g/mol. The molecule has 1 fully saturated rings. The van der Waals surface area contributed by atoms with Crippen molar-refractivity contribution in [1.82, 2.24) is 5.32 Å². The molecule has 0 aromatic heterocycles. The second-order valence-corrected chi connectivity index (χ2v) is 9.57. The van der Waals surface area contributed by atoms with Crippen LogP contribution < -0.4 is 5.32 Å². The number of hydrogen-bond donors (Lipinski definition) is 1. The average molecular weight is 524 g/mol. The lowest BCUT2D eigenvalue weighted by atomic mass is 9.95. The highest BCUT2D eigenvalue weighted by molar-refractivity contribution is 6.30. The van der Waals surface area contributed by atoms with E-state index in [9.17, 15) is 9.59 Å². The number of cyclic esters (lactones) is 1. The number of aryl methyl sites for hydroxylation is 1. The molecule has 1 N–H and O–H groups in total. The second-order valence-electron chi connectivity index (χ2n) is 9.13. The van der Waals surface area contributed by atoms with Crippen molar-refractivity contribution in [3.05, 3.63) is 107 Å². The maximum atomic E-state index is 12.5. The number of nitrogens with one attached hydrogen (secondary N) is 1. The van der Waals surface area contributed by atoms with Gasteiger partial charge in [-0.1, -0.05) is 90.0 Å². The number of hydrogen-bond acceptors (Lipinski definition) is 5. The number of carbonyl (C=O) groups excluding carboxylic acids is 2. The zero-order valence-corrected chi connectivity index (χ0v) is 22.0. The molecule has 0 radical (unpaired) electrons. The Kier molecular flexibility index (Phi) is 11.5. The topological polar surface area (TPSA) is 73.9 Å². The number of carbonyl (C=O) groups is 2. The summed E-state index contributed by atoms with van der Waals surface area (Å²) >= 11 is 5.95. The van der Waals surface area contributed by atoms with E-state index >= 15 is 0 Å². The van der Waals surface area contributed by atoms with Gasteiger partial charge < -0.3 is 19.5 Å². The van der Waals surface area contributed by atoms with E-state index in [0.29, 0.717) is 18.1 Å². The van der Waals surface area contributed by atoms with E-state index in [0.717, 1.165) is 17.5 Å². The van der Waals surface area contributed by atoms with Gasteiger partial charge in [0.15, 0.2) is 6.04 Å². The lowest BCUT2D eigenvalue weighted by Crippen LogP contribution is -2.45. The van der Waals surface area contributed by atoms with Gasteiger partial charge in [-0.3, -0.25) is 0 Å². The van der Waals surface area contributed by atoms with E-state index in [1.807, 2.05) is 79.7 Å². The molecule has 0 aliphatic carbocycles. The Hall–Kier alpha value is -3.35. The highest BCUT2D eigenvalue weighted by Gasteiger charge is 2.28. The van der Waals surface area contributed by atoms with Crippen molar-refractivity contribution in [2.75, 3.05) is 13.2 Å². The summed E-state index contributed by atoms with van der Waals surface area (Å²) in [6.07, 6.45) is 0.477. The van der Waals surface area contributed by atoms with Gasteiger partial charge in [0.25, 0.3) is 0 Å². The quantitative estimate of drug-likeness (QED) is 0.406. The van der Waals surface area contributed by atoms with Crippen LogP contribution in [-0.4, -0.2) is 37.4 Å². The maximum Gasteiger partial charge on any atom is 0.408 e. The number of halogens is 1. The van der Waals surface area contributed by atoms with Gasteiger partial charge in [-0.2, -0.15) is 0 Å². The summed E-state index contributed by atoms with van der Waals surface area (Å²) in [7, 11) is 0. The van der Waals surface area contributed by atoms with Crippen molar-refractivity contribution >= 4 is 23.7 Å². The number of esters is 1. The first kappa shape index (κ1) is 28.2. The molecule has 3 atom stereocenters. The molecule has 7 heteroatoms. The first-order valence-corrected chi connectivity index (χ1v) is 12.8. The molecule has 2 unspecified atom stereocenters. The van der Waals surface area contributed by atoms with Crippen LogP contribution in [0.1, 0.15) is 30.0 Å². The molecule has 4 rings (SSSR count). The minimum absolute atomic E-state index is 0.0309. The molecule has 1 aliphatic heterocycles. The lowest BCUT2D eigenvalue weighted by molar-refractivity contribution is -0.151. The van der Waals surface area contributed by atoms with Crippen molar-refractivity contribution in [2.24, 2.45) is 5.92 Å². The summed E-state index contributed by atoms with van der Waals surface area (Å²) in [5, 5.41) is 3.24. The molecule has 196 valence electrons. The fourth-order valence-corrected chi connectivity index (χ4v) is 4.05. The zero-order valence-electron chi connectivity index (χ0n) is 21.3. The number of amides is 1.